The van der Waals surface area contributed by atoms with Gasteiger partial charge < -0.3 is 10.2 Å². The molecule has 0 saturated carbocycles. The van der Waals surface area contributed by atoms with Crippen molar-refractivity contribution in [3.63, 3.8) is 0 Å². The molecule has 25 heavy (non-hydrogen) atoms. The molecule has 8 heteroatoms. The summed E-state index contributed by atoms with van der Waals surface area (Å²) in [5.74, 6) is -0.195. The fourth-order valence-electron chi connectivity index (χ4n) is 2.49. The highest BCUT2D eigenvalue weighted by atomic mass is 32.1. The van der Waals surface area contributed by atoms with Crippen LogP contribution in [0.2, 0.25) is 0 Å². The van der Waals surface area contributed by atoms with E-state index in [0.29, 0.717) is 12.2 Å². The van der Waals surface area contributed by atoms with Crippen molar-refractivity contribution in [3.05, 3.63) is 63.7 Å². The summed E-state index contributed by atoms with van der Waals surface area (Å²) < 4.78 is 1.13. The number of nitro benzene ring substituents is 1. The van der Waals surface area contributed by atoms with E-state index in [2.05, 4.69) is 10.3 Å². The number of thiazole rings is 1. The lowest BCUT2D eigenvalue weighted by Gasteiger charge is -2.12. The Morgan fingerprint density at radius 2 is 2.08 bits per heavy atom. The molecule has 128 valence electrons. The van der Waals surface area contributed by atoms with Gasteiger partial charge in [0.25, 0.3) is 11.6 Å². The molecule has 3 rings (SSSR count). The Hall–Kier alpha value is -2.84. The van der Waals surface area contributed by atoms with Gasteiger partial charge in [-0.3, -0.25) is 14.9 Å². The molecule has 1 amide bonds. The first-order chi connectivity index (χ1) is 12.0. The van der Waals surface area contributed by atoms with Gasteiger partial charge in [-0.1, -0.05) is 18.2 Å². The Labute approximate surface area is 148 Å². The highest BCUT2D eigenvalue weighted by Crippen LogP contribution is 2.20. The number of aromatic nitrogens is 1. The molecule has 1 heterocycles. The summed E-state index contributed by atoms with van der Waals surface area (Å²) >= 11 is 1.62. The lowest BCUT2D eigenvalue weighted by molar-refractivity contribution is -0.885. The van der Waals surface area contributed by atoms with E-state index in [9.17, 15) is 14.9 Å². The summed E-state index contributed by atoms with van der Waals surface area (Å²) in [5.41, 5.74) is 1.34. The number of nitro groups is 1. The van der Waals surface area contributed by atoms with E-state index in [4.69, 9.17) is 0 Å². The van der Waals surface area contributed by atoms with Crippen LogP contribution in [0, 0.1) is 10.1 Å². The molecule has 7 nitrogen and oxygen atoms in total. The normalized spacial score (nSPS) is 12.0. The number of anilines is 1. The Morgan fingerprint density at radius 1 is 1.28 bits per heavy atom. The fourth-order valence-corrected chi connectivity index (χ4v) is 3.57. The summed E-state index contributed by atoms with van der Waals surface area (Å²) in [7, 11) is 1.92. The number of carbonyl (C=O) groups excluding carboxylic acids is 1. The van der Waals surface area contributed by atoms with Crippen LogP contribution in [0.1, 0.15) is 5.01 Å². The van der Waals surface area contributed by atoms with Crippen molar-refractivity contribution in [1.82, 2.24) is 4.98 Å². The zero-order valence-electron chi connectivity index (χ0n) is 13.6. The standard InChI is InChI=1S/C17H16N4O3S/c1-20(11-17-19-14-7-2-3-8-15(14)25-17)10-16(22)18-12-5-4-6-13(9-12)21(23)24/h2-9H,10-11H2,1H3,(H,18,22)/p+1. The van der Waals surface area contributed by atoms with Crippen molar-refractivity contribution < 1.29 is 14.6 Å². The first-order valence-electron chi connectivity index (χ1n) is 7.71. The molecule has 0 aliphatic rings. The molecular weight excluding hydrogens is 340 g/mol. The maximum atomic E-state index is 12.1. The second-order valence-electron chi connectivity index (χ2n) is 5.74. The van der Waals surface area contributed by atoms with Crippen LogP contribution < -0.4 is 10.2 Å². The summed E-state index contributed by atoms with van der Waals surface area (Å²) in [5, 5.41) is 14.4. The van der Waals surface area contributed by atoms with Crippen LogP contribution in [0.3, 0.4) is 0 Å². The SMILES string of the molecule is C[NH+](CC(=O)Nc1cccc([N+](=O)[O-])c1)Cc1nc2ccccc2s1. The van der Waals surface area contributed by atoms with E-state index in [1.807, 2.05) is 31.3 Å². The molecular formula is C17H17N4O3S+. The molecule has 0 aliphatic carbocycles. The topological polar surface area (TPSA) is 89.6 Å². The third-order valence-corrected chi connectivity index (χ3v) is 4.63. The summed E-state index contributed by atoms with van der Waals surface area (Å²) in [4.78, 5) is 28.0. The first-order valence-corrected chi connectivity index (χ1v) is 8.53. The lowest BCUT2D eigenvalue weighted by atomic mass is 10.3. The minimum atomic E-state index is -0.486. The van der Waals surface area contributed by atoms with E-state index >= 15 is 0 Å². The Bertz CT molecular complexity index is 892. The van der Waals surface area contributed by atoms with Crippen molar-refractivity contribution in [2.24, 2.45) is 0 Å². The number of hydrogen-bond donors (Lipinski definition) is 2. The summed E-state index contributed by atoms with van der Waals surface area (Å²) in [6.45, 7) is 0.889. The van der Waals surface area contributed by atoms with Crippen LogP contribution in [0.15, 0.2) is 48.5 Å². The third-order valence-electron chi connectivity index (χ3n) is 3.59. The number of non-ortho nitro benzene ring substituents is 1. The maximum Gasteiger partial charge on any atom is 0.279 e. The number of amides is 1. The monoisotopic (exact) mass is 357 g/mol. The molecule has 2 aromatic carbocycles. The molecule has 0 fully saturated rings. The van der Waals surface area contributed by atoms with Crippen molar-refractivity contribution in [2.45, 2.75) is 6.54 Å². The number of hydrogen-bond acceptors (Lipinski definition) is 5. The molecule has 1 unspecified atom stereocenters. The number of quaternary nitrogens is 1. The van der Waals surface area contributed by atoms with Gasteiger partial charge in [0.15, 0.2) is 6.54 Å². The quantitative estimate of drug-likeness (QED) is 0.520. The molecule has 0 saturated heterocycles. The largest absolute Gasteiger partial charge is 0.324 e. The molecule has 0 bridgehead atoms. The van der Waals surface area contributed by atoms with Crippen LogP contribution in [-0.2, 0) is 11.3 Å². The van der Waals surface area contributed by atoms with Crippen LogP contribution in [0.5, 0.6) is 0 Å². The average molecular weight is 357 g/mol. The van der Waals surface area contributed by atoms with E-state index in [-0.39, 0.29) is 18.1 Å². The van der Waals surface area contributed by atoms with Gasteiger partial charge in [-0.2, -0.15) is 0 Å². The second-order valence-corrected chi connectivity index (χ2v) is 6.86. The summed E-state index contributed by atoms with van der Waals surface area (Å²) in [6.07, 6.45) is 0. The molecule has 0 radical (unpaired) electrons. The molecule has 0 aliphatic heterocycles. The van der Waals surface area contributed by atoms with Crippen LogP contribution in [0.4, 0.5) is 11.4 Å². The molecule has 3 aromatic rings. The number of rotatable bonds is 6. The molecule has 1 atom stereocenters. The second kappa shape index (κ2) is 7.37. The number of nitrogens with one attached hydrogen (secondary N) is 2. The first kappa shape index (κ1) is 17.0. The zero-order valence-corrected chi connectivity index (χ0v) is 14.4. The fraction of sp³-hybridized carbons (Fsp3) is 0.176. The lowest BCUT2D eigenvalue weighted by Crippen LogP contribution is -3.08. The van der Waals surface area contributed by atoms with Gasteiger partial charge in [0, 0.05) is 17.8 Å². The van der Waals surface area contributed by atoms with Crippen LogP contribution in [0.25, 0.3) is 10.2 Å². The maximum absolute atomic E-state index is 12.1. The van der Waals surface area contributed by atoms with Crippen molar-refractivity contribution >= 4 is 38.8 Å². The Kier molecular flexibility index (Phi) is 5.01. The molecule has 2 N–H and O–H groups in total. The minimum Gasteiger partial charge on any atom is -0.324 e. The van der Waals surface area contributed by atoms with Crippen molar-refractivity contribution in [1.29, 1.82) is 0 Å². The van der Waals surface area contributed by atoms with E-state index < -0.39 is 4.92 Å². The van der Waals surface area contributed by atoms with Gasteiger partial charge in [0.2, 0.25) is 0 Å². The number of carbonyl (C=O) groups is 1. The van der Waals surface area contributed by atoms with Gasteiger partial charge >= 0.3 is 0 Å². The Morgan fingerprint density at radius 3 is 2.84 bits per heavy atom. The third kappa shape index (κ3) is 4.37. The molecule has 0 spiro atoms. The average Bonchev–Trinajstić information content (AvgIpc) is 2.96. The van der Waals surface area contributed by atoms with Gasteiger partial charge in [-0.25, -0.2) is 4.98 Å². The number of fused-ring (bicyclic) bond motifs is 1. The number of nitrogens with zero attached hydrogens (tertiary/aromatic N) is 2. The van der Waals surface area contributed by atoms with E-state index in [1.165, 1.54) is 12.1 Å². The number of para-hydroxylation sites is 1. The van der Waals surface area contributed by atoms with E-state index in [0.717, 1.165) is 20.1 Å². The Balaban J connectivity index is 1.58. The van der Waals surface area contributed by atoms with Crippen molar-refractivity contribution in [3.8, 4) is 0 Å². The highest BCUT2D eigenvalue weighted by molar-refractivity contribution is 7.18. The predicted octanol–water partition coefficient (Wildman–Crippen LogP) is 1.86. The smallest absolute Gasteiger partial charge is 0.279 e. The van der Waals surface area contributed by atoms with Gasteiger partial charge in [-0.05, 0) is 18.2 Å². The zero-order chi connectivity index (χ0) is 17.8. The summed E-state index contributed by atoms with van der Waals surface area (Å²) in [6, 6.07) is 13.9. The minimum absolute atomic E-state index is 0.0482. The predicted molar refractivity (Wildman–Crippen MR) is 96.8 cm³/mol. The van der Waals surface area contributed by atoms with Gasteiger partial charge in [0.1, 0.15) is 11.6 Å². The van der Waals surface area contributed by atoms with Gasteiger partial charge in [-0.15, -0.1) is 11.3 Å². The van der Waals surface area contributed by atoms with Gasteiger partial charge in [0.05, 0.1) is 22.2 Å². The van der Waals surface area contributed by atoms with Crippen LogP contribution >= 0.6 is 11.3 Å². The number of likely N-dealkylation sites (N-methyl/N-ethyl adjacent to an activating group) is 1. The van der Waals surface area contributed by atoms with Crippen LogP contribution in [-0.4, -0.2) is 29.4 Å². The molecule has 1 aromatic heterocycles. The number of benzene rings is 2. The van der Waals surface area contributed by atoms with E-state index in [1.54, 1.807) is 23.5 Å². The highest BCUT2D eigenvalue weighted by Gasteiger charge is 2.14. The van der Waals surface area contributed by atoms with Crippen molar-refractivity contribution in [2.75, 3.05) is 18.9 Å².